The first kappa shape index (κ1) is 17.2. The molecule has 6 nitrogen and oxygen atoms in total. The molecular formula is C19H22N4O2. The van der Waals surface area contributed by atoms with Crippen LogP contribution in [0.5, 0.6) is 0 Å². The van der Waals surface area contributed by atoms with Gasteiger partial charge in [-0.05, 0) is 24.1 Å². The van der Waals surface area contributed by atoms with Crippen molar-refractivity contribution in [1.29, 1.82) is 0 Å². The molecule has 1 saturated heterocycles. The number of carbonyl (C=O) groups excluding carboxylic acids is 2. The largest absolute Gasteiger partial charge is 0.338 e. The van der Waals surface area contributed by atoms with Crippen molar-refractivity contribution in [3.05, 3.63) is 29.8 Å². The highest BCUT2D eigenvalue weighted by Crippen LogP contribution is 2.37. The summed E-state index contributed by atoms with van der Waals surface area (Å²) in [6.07, 6.45) is 9.08. The van der Waals surface area contributed by atoms with Gasteiger partial charge in [-0.3, -0.25) is 9.59 Å². The number of hydrogen-bond donors (Lipinski definition) is 1. The lowest BCUT2D eigenvalue weighted by molar-refractivity contribution is -0.128. The van der Waals surface area contributed by atoms with E-state index < -0.39 is 5.66 Å². The Morgan fingerprint density at radius 2 is 2.20 bits per heavy atom. The van der Waals surface area contributed by atoms with Crippen LogP contribution in [0.2, 0.25) is 0 Å². The van der Waals surface area contributed by atoms with E-state index in [2.05, 4.69) is 21.5 Å². The van der Waals surface area contributed by atoms with Crippen molar-refractivity contribution >= 4 is 17.5 Å². The molecule has 3 rings (SSSR count). The Labute approximate surface area is 147 Å². The minimum absolute atomic E-state index is 0.0632. The molecule has 1 aromatic carbocycles. The number of amides is 2. The molecule has 1 fully saturated rings. The zero-order valence-electron chi connectivity index (χ0n) is 14.2. The maximum absolute atomic E-state index is 12.2. The standard InChI is InChI=1S/C19H22N4O2/c1-2-3-10-19(21-22-19)11-9-17(24)20-16-7-4-6-15(13-16)14-23-12-5-8-18(23)25/h1,4,6-7,13H,3,5,8-12,14H2,(H,20,24). The summed E-state index contributed by atoms with van der Waals surface area (Å²) in [6, 6.07) is 7.64. The van der Waals surface area contributed by atoms with E-state index in [0.29, 0.717) is 38.6 Å². The van der Waals surface area contributed by atoms with Crippen LogP contribution in [0, 0.1) is 12.3 Å². The Morgan fingerprint density at radius 3 is 2.88 bits per heavy atom. The molecule has 0 atom stereocenters. The summed E-state index contributed by atoms with van der Waals surface area (Å²) < 4.78 is 0. The Morgan fingerprint density at radius 1 is 1.36 bits per heavy atom. The molecule has 0 saturated carbocycles. The highest BCUT2D eigenvalue weighted by atomic mass is 16.2. The van der Waals surface area contributed by atoms with E-state index in [1.807, 2.05) is 29.2 Å². The van der Waals surface area contributed by atoms with Gasteiger partial charge in [0, 0.05) is 50.9 Å². The molecule has 0 unspecified atom stereocenters. The summed E-state index contributed by atoms with van der Waals surface area (Å²) in [6.45, 7) is 1.40. The van der Waals surface area contributed by atoms with Crippen LogP contribution >= 0.6 is 0 Å². The average molecular weight is 338 g/mol. The lowest BCUT2D eigenvalue weighted by Gasteiger charge is -2.16. The molecule has 0 aromatic heterocycles. The lowest BCUT2D eigenvalue weighted by atomic mass is 10.0. The number of benzene rings is 1. The quantitative estimate of drug-likeness (QED) is 0.740. The second-order valence-corrected chi connectivity index (χ2v) is 6.55. The summed E-state index contributed by atoms with van der Waals surface area (Å²) in [4.78, 5) is 25.8. The molecule has 1 N–H and O–H groups in total. The van der Waals surface area contributed by atoms with Gasteiger partial charge in [-0.1, -0.05) is 12.1 Å². The summed E-state index contributed by atoms with van der Waals surface area (Å²) in [5, 5.41) is 11.0. The highest BCUT2D eigenvalue weighted by Gasteiger charge is 2.39. The van der Waals surface area contributed by atoms with E-state index >= 15 is 0 Å². The molecular weight excluding hydrogens is 316 g/mol. The third-order valence-corrected chi connectivity index (χ3v) is 4.56. The van der Waals surface area contributed by atoms with E-state index in [-0.39, 0.29) is 11.8 Å². The predicted octanol–water partition coefficient (Wildman–Crippen LogP) is 3.10. The van der Waals surface area contributed by atoms with Gasteiger partial charge >= 0.3 is 0 Å². The van der Waals surface area contributed by atoms with Gasteiger partial charge in [0.1, 0.15) is 0 Å². The number of carbonyl (C=O) groups is 2. The van der Waals surface area contributed by atoms with Crippen molar-refractivity contribution in [3.63, 3.8) is 0 Å². The summed E-state index contributed by atoms with van der Waals surface area (Å²) in [7, 11) is 0. The molecule has 1 aromatic rings. The van der Waals surface area contributed by atoms with Crippen molar-refractivity contribution in [3.8, 4) is 12.3 Å². The minimum Gasteiger partial charge on any atom is -0.338 e. The first-order chi connectivity index (χ1) is 12.1. The van der Waals surface area contributed by atoms with E-state index in [9.17, 15) is 9.59 Å². The van der Waals surface area contributed by atoms with Crippen molar-refractivity contribution in [2.75, 3.05) is 11.9 Å². The maximum atomic E-state index is 12.2. The molecule has 6 heteroatoms. The summed E-state index contributed by atoms with van der Waals surface area (Å²) >= 11 is 0. The fourth-order valence-corrected chi connectivity index (χ4v) is 3.04. The molecule has 0 bridgehead atoms. The maximum Gasteiger partial charge on any atom is 0.224 e. The topological polar surface area (TPSA) is 74.1 Å². The Balaban J connectivity index is 1.49. The van der Waals surface area contributed by atoms with Crippen LogP contribution < -0.4 is 5.32 Å². The third-order valence-electron chi connectivity index (χ3n) is 4.56. The average Bonchev–Trinajstić information content (AvgIpc) is 3.27. The first-order valence-corrected chi connectivity index (χ1v) is 8.64. The molecule has 25 heavy (non-hydrogen) atoms. The number of hydrogen-bond acceptors (Lipinski definition) is 4. The first-order valence-electron chi connectivity index (χ1n) is 8.64. The fraction of sp³-hybridized carbons (Fsp3) is 0.474. The van der Waals surface area contributed by atoms with Crippen molar-refractivity contribution in [2.45, 2.75) is 50.7 Å². The number of likely N-dealkylation sites (tertiary alicyclic amines) is 1. The second kappa shape index (κ2) is 7.47. The van der Waals surface area contributed by atoms with Gasteiger partial charge in [0.25, 0.3) is 0 Å². The molecule has 2 aliphatic heterocycles. The zero-order valence-corrected chi connectivity index (χ0v) is 14.2. The van der Waals surface area contributed by atoms with Gasteiger partial charge in [0.15, 0.2) is 5.66 Å². The van der Waals surface area contributed by atoms with Gasteiger partial charge in [0.05, 0.1) is 0 Å². The number of anilines is 1. The normalized spacial score (nSPS) is 17.4. The SMILES string of the molecule is C#CCCC1(CCC(=O)Nc2cccc(CN3CCCC3=O)c2)N=N1. The van der Waals surface area contributed by atoms with Crippen LogP contribution in [0.15, 0.2) is 34.5 Å². The molecule has 2 aliphatic rings. The van der Waals surface area contributed by atoms with Crippen LogP contribution in [0.3, 0.4) is 0 Å². The van der Waals surface area contributed by atoms with Crippen LogP contribution in [0.25, 0.3) is 0 Å². The number of nitrogens with zero attached hydrogens (tertiary/aromatic N) is 3. The van der Waals surface area contributed by atoms with Crippen LogP contribution in [-0.2, 0) is 16.1 Å². The molecule has 0 spiro atoms. The van der Waals surface area contributed by atoms with Gasteiger partial charge in [0.2, 0.25) is 11.8 Å². The van der Waals surface area contributed by atoms with Crippen LogP contribution in [0.1, 0.15) is 44.1 Å². The molecule has 0 aliphatic carbocycles. The van der Waals surface area contributed by atoms with Gasteiger partial charge in [-0.15, -0.1) is 12.3 Å². The lowest BCUT2D eigenvalue weighted by Crippen LogP contribution is -2.24. The fourth-order valence-electron chi connectivity index (χ4n) is 3.04. The zero-order chi connectivity index (χ0) is 17.7. The van der Waals surface area contributed by atoms with Gasteiger partial charge in [-0.25, -0.2) is 0 Å². The van der Waals surface area contributed by atoms with E-state index in [1.165, 1.54) is 0 Å². The van der Waals surface area contributed by atoms with E-state index in [0.717, 1.165) is 24.2 Å². The molecule has 0 radical (unpaired) electrons. The molecule has 2 heterocycles. The Kier molecular flexibility index (Phi) is 5.13. The molecule has 2 amide bonds. The smallest absolute Gasteiger partial charge is 0.224 e. The van der Waals surface area contributed by atoms with Crippen LogP contribution in [0.4, 0.5) is 5.69 Å². The summed E-state index contributed by atoms with van der Waals surface area (Å²) in [5.74, 6) is 2.72. The monoisotopic (exact) mass is 338 g/mol. The van der Waals surface area contributed by atoms with Crippen molar-refractivity contribution in [1.82, 2.24) is 4.90 Å². The van der Waals surface area contributed by atoms with Crippen molar-refractivity contribution in [2.24, 2.45) is 10.2 Å². The summed E-state index contributed by atoms with van der Waals surface area (Å²) in [5.41, 5.74) is 1.34. The minimum atomic E-state index is -0.429. The van der Waals surface area contributed by atoms with E-state index in [4.69, 9.17) is 6.42 Å². The molecule has 130 valence electrons. The Bertz CT molecular complexity index is 729. The second-order valence-electron chi connectivity index (χ2n) is 6.55. The van der Waals surface area contributed by atoms with Crippen LogP contribution in [-0.4, -0.2) is 28.9 Å². The predicted molar refractivity (Wildman–Crippen MR) is 94.6 cm³/mol. The Hall–Kier alpha value is -2.68. The van der Waals surface area contributed by atoms with Crippen molar-refractivity contribution < 1.29 is 9.59 Å². The third kappa shape index (κ3) is 4.66. The number of nitrogens with one attached hydrogen (secondary N) is 1. The van der Waals surface area contributed by atoms with Gasteiger partial charge in [-0.2, -0.15) is 10.2 Å². The van der Waals surface area contributed by atoms with Gasteiger partial charge < -0.3 is 10.2 Å². The number of rotatable bonds is 8. The van der Waals surface area contributed by atoms with E-state index in [1.54, 1.807) is 0 Å². The highest BCUT2D eigenvalue weighted by molar-refractivity contribution is 5.90. The number of terminal acetylenes is 1.